The number of hydrogen-bond acceptors (Lipinski definition) is 6. The molecule has 2 unspecified atom stereocenters. The molecule has 0 saturated heterocycles. The largest absolute Gasteiger partial charge is 0.374 e. The maximum absolute atomic E-state index is 10.1. The van der Waals surface area contributed by atoms with E-state index in [9.17, 15) is 15.1 Å². The van der Waals surface area contributed by atoms with Gasteiger partial charge in [0.1, 0.15) is 12.5 Å². The first-order valence-corrected chi connectivity index (χ1v) is 4.50. The highest BCUT2D eigenvalue weighted by Crippen LogP contribution is 2.19. The van der Waals surface area contributed by atoms with E-state index < -0.39 is 12.5 Å². The first kappa shape index (κ1) is 11.5. The minimum absolute atomic E-state index is 0.0647. The SMILES string of the molecule is CC(O)N(c1ccc(N=O)nc1)C(C)O. The average Bonchev–Trinajstić information content (AvgIpc) is 2.18. The molecule has 0 aliphatic heterocycles. The van der Waals surface area contributed by atoms with Gasteiger partial charge >= 0.3 is 0 Å². The molecule has 0 aromatic carbocycles. The van der Waals surface area contributed by atoms with E-state index in [-0.39, 0.29) is 5.82 Å². The van der Waals surface area contributed by atoms with Gasteiger partial charge < -0.3 is 15.1 Å². The quantitative estimate of drug-likeness (QED) is 0.572. The summed E-state index contributed by atoms with van der Waals surface area (Å²) >= 11 is 0. The Morgan fingerprint density at radius 1 is 1.33 bits per heavy atom. The van der Waals surface area contributed by atoms with E-state index in [4.69, 9.17) is 0 Å². The van der Waals surface area contributed by atoms with E-state index in [0.717, 1.165) is 0 Å². The summed E-state index contributed by atoms with van der Waals surface area (Å²) in [7, 11) is 0. The summed E-state index contributed by atoms with van der Waals surface area (Å²) < 4.78 is 0. The minimum Gasteiger partial charge on any atom is -0.374 e. The summed E-state index contributed by atoms with van der Waals surface area (Å²) in [4.78, 5) is 15.2. The van der Waals surface area contributed by atoms with Crippen molar-refractivity contribution in [3.05, 3.63) is 23.2 Å². The Hall–Kier alpha value is -1.53. The van der Waals surface area contributed by atoms with E-state index >= 15 is 0 Å². The molecule has 0 aliphatic rings. The number of rotatable bonds is 4. The Morgan fingerprint density at radius 3 is 2.27 bits per heavy atom. The van der Waals surface area contributed by atoms with Crippen molar-refractivity contribution in [2.45, 2.75) is 26.3 Å². The molecule has 0 aliphatic carbocycles. The number of aliphatic hydroxyl groups excluding tert-OH is 2. The van der Waals surface area contributed by atoms with Crippen molar-refractivity contribution in [3.63, 3.8) is 0 Å². The second-order valence-electron chi connectivity index (χ2n) is 3.14. The smallest absolute Gasteiger partial charge is 0.196 e. The van der Waals surface area contributed by atoms with Gasteiger partial charge in [0.05, 0.1) is 11.9 Å². The van der Waals surface area contributed by atoms with Crippen molar-refractivity contribution < 1.29 is 10.2 Å². The van der Waals surface area contributed by atoms with Crippen molar-refractivity contribution >= 4 is 11.5 Å². The molecule has 0 saturated carbocycles. The first-order valence-electron chi connectivity index (χ1n) is 4.50. The van der Waals surface area contributed by atoms with Crippen molar-refractivity contribution in [3.8, 4) is 0 Å². The highest BCUT2D eigenvalue weighted by atomic mass is 16.3. The maximum atomic E-state index is 10.1. The number of aromatic nitrogens is 1. The molecular weight excluding hydrogens is 198 g/mol. The number of pyridine rings is 1. The molecule has 0 bridgehead atoms. The van der Waals surface area contributed by atoms with Crippen LogP contribution in [0, 0.1) is 4.91 Å². The van der Waals surface area contributed by atoms with Gasteiger partial charge in [0.2, 0.25) is 0 Å². The van der Waals surface area contributed by atoms with Gasteiger partial charge in [-0.1, -0.05) is 0 Å². The number of hydrogen-bond donors (Lipinski definition) is 2. The molecule has 2 atom stereocenters. The predicted octanol–water partition coefficient (Wildman–Crippen LogP) is 0.962. The van der Waals surface area contributed by atoms with E-state index in [0.29, 0.717) is 5.69 Å². The van der Waals surface area contributed by atoms with E-state index in [1.807, 2.05) is 0 Å². The van der Waals surface area contributed by atoms with Crippen LogP contribution in [-0.2, 0) is 0 Å². The van der Waals surface area contributed by atoms with Gasteiger partial charge in [-0.3, -0.25) is 0 Å². The molecule has 0 spiro atoms. The van der Waals surface area contributed by atoms with Gasteiger partial charge in [-0.05, 0) is 31.2 Å². The van der Waals surface area contributed by atoms with Crippen LogP contribution in [0.25, 0.3) is 0 Å². The monoisotopic (exact) mass is 211 g/mol. The third-order valence-corrected chi connectivity index (χ3v) is 1.93. The lowest BCUT2D eigenvalue weighted by molar-refractivity contribution is 0.105. The van der Waals surface area contributed by atoms with E-state index in [1.165, 1.54) is 31.0 Å². The Morgan fingerprint density at radius 2 is 1.93 bits per heavy atom. The molecule has 0 fully saturated rings. The normalized spacial score (nSPS) is 14.4. The summed E-state index contributed by atoms with van der Waals surface area (Å²) in [6.45, 7) is 3.05. The van der Waals surface area contributed by atoms with Crippen LogP contribution in [0.3, 0.4) is 0 Å². The Kier molecular flexibility index (Phi) is 3.70. The molecule has 1 rings (SSSR count). The Bertz CT molecular complexity index is 316. The Balaban J connectivity index is 2.96. The summed E-state index contributed by atoms with van der Waals surface area (Å²) in [5.41, 5.74) is 0.521. The number of aliphatic hydroxyl groups is 2. The third-order valence-electron chi connectivity index (χ3n) is 1.93. The van der Waals surface area contributed by atoms with Gasteiger partial charge in [0, 0.05) is 0 Å². The minimum atomic E-state index is -0.846. The zero-order valence-electron chi connectivity index (χ0n) is 8.53. The molecule has 15 heavy (non-hydrogen) atoms. The van der Waals surface area contributed by atoms with Crippen LogP contribution in [0.15, 0.2) is 23.5 Å². The second-order valence-corrected chi connectivity index (χ2v) is 3.14. The van der Waals surface area contributed by atoms with Crippen LogP contribution < -0.4 is 4.90 Å². The lowest BCUT2D eigenvalue weighted by Gasteiger charge is -2.29. The van der Waals surface area contributed by atoms with Crippen LogP contribution in [0.1, 0.15) is 13.8 Å². The van der Waals surface area contributed by atoms with E-state index in [2.05, 4.69) is 10.2 Å². The van der Waals surface area contributed by atoms with Crippen LogP contribution in [0.2, 0.25) is 0 Å². The topological polar surface area (TPSA) is 86.0 Å². The first-order chi connectivity index (χ1) is 7.06. The molecule has 0 radical (unpaired) electrons. The highest BCUT2D eigenvalue weighted by Gasteiger charge is 2.16. The summed E-state index contributed by atoms with van der Waals surface area (Å²) in [5, 5.41) is 21.5. The van der Waals surface area contributed by atoms with Crippen molar-refractivity contribution in [1.29, 1.82) is 0 Å². The maximum Gasteiger partial charge on any atom is 0.196 e. The van der Waals surface area contributed by atoms with Crippen molar-refractivity contribution in [2.75, 3.05) is 4.90 Å². The number of nitroso groups, excluding NO2 is 1. The predicted molar refractivity (Wildman–Crippen MR) is 55.5 cm³/mol. The molecule has 1 aromatic heterocycles. The average molecular weight is 211 g/mol. The van der Waals surface area contributed by atoms with E-state index in [1.54, 1.807) is 6.07 Å². The van der Waals surface area contributed by atoms with Crippen molar-refractivity contribution in [2.24, 2.45) is 5.18 Å². The van der Waals surface area contributed by atoms with Crippen LogP contribution in [0.5, 0.6) is 0 Å². The lowest BCUT2D eigenvalue weighted by Crippen LogP contribution is -2.40. The molecule has 6 heteroatoms. The fourth-order valence-corrected chi connectivity index (χ4v) is 1.33. The second kappa shape index (κ2) is 4.81. The van der Waals surface area contributed by atoms with Crippen LogP contribution in [0.4, 0.5) is 11.5 Å². The van der Waals surface area contributed by atoms with Gasteiger partial charge in [-0.25, -0.2) is 4.98 Å². The zero-order chi connectivity index (χ0) is 11.4. The molecule has 6 nitrogen and oxygen atoms in total. The molecule has 1 aromatic rings. The third kappa shape index (κ3) is 2.71. The fraction of sp³-hybridized carbons (Fsp3) is 0.444. The molecular formula is C9H13N3O3. The van der Waals surface area contributed by atoms with Crippen molar-refractivity contribution in [1.82, 2.24) is 4.98 Å². The van der Waals surface area contributed by atoms with Crippen LogP contribution >= 0.6 is 0 Å². The molecule has 1 heterocycles. The van der Waals surface area contributed by atoms with Gasteiger partial charge in [-0.2, -0.15) is 0 Å². The molecule has 2 N–H and O–H groups in total. The standard InChI is InChI=1S/C9H13N3O3/c1-6(13)12(7(2)14)8-3-4-9(11-15)10-5-8/h3-7,13-14H,1-2H3. The fourth-order valence-electron chi connectivity index (χ4n) is 1.33. The summed E-state index contributed by atoms with van der Waals surface area (Å²) in [6.07, 6.45) is -0.320. The zero-order valence-corrected chi connectivity index (χ0v) is 8.53. The summed E-state index contributed by atoms with van der Waals surface area (Å²) in [5.74, 6) is 0.0647. The molecule has 82 valence electrons. The number of nitrogens with zero attached hydrogens (tertiary/aromatic N) is 3. The van der Waals surface area contributed by atoms with Gasteiger partial charge in [-0.15, -0.1) is 4.91 Å². The summed E-state index contributed by atoms with van der Waals surface area (Å²) in [6, 6.07) is 2.98. The molecule has 0 amide bonds. The van der Waals surface area contributed by atoms with Gasteiger partial charge in [0.25, 0.3) is 0 Å². The van der Waals surface area contributed by atoms with Crippen LogP contribution in [-0.4, -0.2) is 27.7 Å². The van der Waals surface area contributed by atoms with Gasteiger partial charge in [0.15, 0.2) is 5.82 Å². The highest BCUT2D eigenvalue weighted by molar-refractivity contribution is 5.48. The Labute approximate surface area is 87.2 Å². The lowest BCUT2D eigenvalue weighted by atomic mass is 10.3. The number of anilines is 1.